The Hall–Kier alpha value is -1.30. The van der Waals surface area contributed by atoms with Crippen LogP contribution >= 0.6 is 0 Å². The molecule has 0 saturated carbocycles. The van der Waals surface area contributed by atoms with Crippen molar-refractivity contribution in [2.75, 3.05) is 36.4 Å². The monoisotopic (exact) mass is 413 g/mol. The molecule has 0 aliphatic carbocycles. The molecule has 1 aliphatic rings. The van der Waals surface area contributed by atoms with Crippen molar-refractivity contribution >= 4 is 28.4 Å². The van der Waals surface area contributed by atoms with E-state index in [-0.39, 0.29) is 32.7 Å². The second kappa shape index (κ2) is 9.41. The van der Waals surface area contributed by atoms with Gasteiger partial charge in [-0.15, -0.1) is 11.4 Å². The Morgan fingerprint density at radius 3 is 2.48 bits per heavy atom. The number of hydrogen-bond donors (Lipinski definition) is 3. The van der Waals surface area contributed by atoms with Crippen molar-refractivity contribution in [2.24, 2.45) is 0 Å². The summed E-state index contributed by atoms with van der Waals surface area (Å²) in [5.41, 5.74) is 16.0. The number of nitrogen functional groups attached to an aromatic ring is 2. The number of nitrogens with one attached hydrogen (secondary N) is 1. The molecule has 131 valence electrons. The standard InChI is InChI=1S/C19H26N5.Y/c1-14-3-2-11-24(14)12-10-22-19-9-8-17(13-18(19)21)23-16-6-4-15(20)5-7-16;/h4-9,13-14,22H,2-3,10-12,20-21H2,1H3;/q-1;. The summed E-state index contributed by atoms with van der Waals surface area (Å²) < 4.78 is 0. The van der Waals surface area contributed by atoms with E-state index in [1.165, 1.54) is 19.4 Å². The second-order valence-electron chi connectivity index (χ2n) is 6.43. The van der Waals surface area contributed by atoms with E-state index in [0.717, 1.165) is 41.5 Å². The van der Waals surface area contributed by atoms with Crippen LogP contribution in [0.25, 0.3) is 5.32 Å². The summed E-state index contributed by atoms with van der Waals surface area (Å²) in [6, 6.07) is 14.1. The Labute approximate surface area is 175 Å². The molecule has 1 heterocycles. The summed E-state index contributed by atoms with van der Waals surface area (Å²) in [6.07, 6.45) is 2.62. The van der Waals surface area contributed by atoms with Crippen LogP contribution < -0.4 is 16.8 Å². The van der Waals surface area contributed by atoms with E-state index >= 15 is 0 Å². The van der Waals surface area contributed by atoms with Gasteiger partial charge in [-0.05, 0) is 44.5 Å². The SMILES string of the molecule is CC1CCCN1CCNc1ccc([N-]c2ccc(N)cc2)cc1N.[Y]. The van der Waals surface area contributed by atoms with Crippen LogP contribution in [0.1, 0.15) is 19.8 Å². The normalized spacial score (nSPS) is 17.1. The molecular formula is C19H26N5Y-. The van der Waals surface area contributed by atoms with E-state index in [9.17, 15) is 0 Å². The molecule has 1 atom stereocenters. The van der Waals surface area contributed by atoms with Crippen LogP contribution in [0.4, 0.5) is 28.4 Å². The van der Waals surface area contributed by atoms with Crippen molar-refractivity contribution in [3.05, 3.63) is 47.8 Å². The van der Waals surface area contributed by atoms with Gasteiger partial charge in [-0.1, -0.05) is 24.3 Å². The zero-order valence-electron chi connectivity index (χ0n) is 14.8. The number of benzene rings is 2. The first-order chi connectivity index (χ1) is 11.6. The molecule has 1 fully saturated rings. The molecule has 1 unspecified atom stereocenters. The Balaban J connectivity index is 0.00000225. The minimum atomic E-state index is 0. The third-order valence-corrected chi connectivity index (χ3v) is 4.59. The molecule has 1 aliphatic heterocycles. The van der Waals surface area contributed by atoms with Gasteiger partial charge in [-0.3, -0.25) is 4.90 Å². The van der Waals surface area contributed by atoms with Gasteiger partial charge >= 0.3 is 0 Å². The van der Waals surface area contributed by atoms with Gasteiger partial charge in [0.2, 0.25) is 0 Å². The molecule has 1 saturated heterocycles. The smallest absolute Gasteiger partial charge is 0.0573 e. The molecule has 0 aromatic heterocycles. The number of nitrogens with two attached hydrogens (primary N) is 2. The Bertz CT molecular complexity index is 674. The number of nitrogens with zero attached hydrogens (tertiary/aromatic N) is 2. The zero-order chi connectivity index (χ0) is 16.9. The Morgan fingerprint density at radius 1 is 1.12 bits per heavy atom. The van der Waals surface area contributed by atoms with Crippen molar-refractivity contribution in [1.82, 2.24) is 4.90 Å². The molecule has 0 amide bonds. The third kappa shape index (κ3) is 5.60. The van der Waals surface area contributed by atoms with E-state index in [1.807, 2.05) is 42.5 Å². The van der Waals surface area contributed by atoms with Crippen LogP contribution in [0.5, 0.6) is 0 Å². The maximum Gasteiger partial charge on any atom is 0.0573 e. The maximum absolute atomic E-state index is 6.16. The summed E-state index contributed by atoms with van der Waals surface area (Å²) in [5.74, 6) is 0. The van der Waals surface area contributed by atoms with Crippen LogP contribution in [-0.2, 0) is 32.7 Å². The first-order valence-electron chi connectivity index (χ1n) is 8.56. The fourth-order valence-electron chi connectivity index (χ4n) is 3.14. The molecule has 5 N–H and O–H groups in total. The summed E-state index contributed by atoms with van der Waals surface area (Å²) in [7, 11) is 0. The number of likely N-dealkylation sites (tertiary alicyclic amines) is 1. The predicted molar refractivity (Wildman–Crippen MR) is 103 cm³/mol. The average Bonchev–Trinajstić information content (AvgIpc) is 2.97. The van der Waals surface area contributed by atoms with E-state index < -0.39 is 0 Å². The minimum absolute atomic E-state index is 0. The minimum Gasteiger partial charge on any atom is -0.658 e. The summed E-state index contributed by atoms with van der Waals surface area (Å²) in [4.78, 5) is 2.52. The summed E-state index contributed by atoms with van der Waals surface area (Å²) in [5, 5.41) is 8.00. The Morgan fingerprint density at radius 2 is 1.84 bits per heavy atom. The van der Waals surface area contributed by atoms with Crippen molar-refractivity contribution in [3.8, 4) is 0 Å². The summed E-state index contributed by atoms with van der Waals surface area (Å²) >= 11 is 0. The second-order valence-corrected chi connectivity index (χ2v) is 6.43. The van der Waals surface area contributed by atoms with Crippen LogP contribution in [0.3, 0.4) is 0 Å². The first kappa shape index (κ1) is 20.0. The molecule has 0 spiro atoms. The Kier molecular flexibility index (Phi) is 7.54. The molecule has 1 radical (unpaired) electrons. The number of anilines is 3. The quantitative estimate of drug-likeness (QED) is 0.624. The molecule has 5 nitrogen and oxygen atoms in total. The molecule has 3 rings (SSSR count). The van der Waals surface area contributed by atoms with E-state index in [1.54, 1.807) is 0 Å². The van der Waals surface area contributed by atoms with Gasteiger partial charge < -0.3 is 22.1 Å². The number of hydrogen-bond acceptors (Lipinski definition) is 4. The molecule has 2 aromatic rings. The first-order valence-corrected chi connectivity index (χ1v) is 8.56. The van der Waals surface area contributed by atoms with Gasteiger partial charge in [0.25, 0.3) is 0 Å². The van der Waals surface area contributed by atoms with Gasteiger partial charge in [0.1, 0.15) is 0 Å². The molecule has 0 bridgehead atoms. The van der Waals surface area contributed by atoms with Crippen LogP contribution in [-0.4, -0.2) is 30.6 Å². The fourth-order valence-corrected chi connectivity index (χ4v) is 3.14. The van der Waals surface area contributed by atoms with Crippen LogP contribution in [0.15, 0.2) is 42.5 Å². The van der Waals surface area contributed by atoms with E-state index in [0.29, 0.717) is 6.04 Å². The molecule has 6 heteroatoms. The van der Waals surface area contributed by atoms with Gasteiger partial charge in [0.05, 0.1) is 11.4 Å². The summed E-state index contributed by atoms with van der Waals surface area (Å²) in [6.45, 7) is 5.47. The molecule has 2 aromatic carbocycles. The van der Waals surface area contributed by atoms with Crippen molar-refractivity contribution in [2.45, 2.75) is 25.8 Å². The molecular weight excluding hydrogens is 387 g/mol. The van der Waals surface area contributed by atoms with Gasteiger partial charge in [-0.2, -0.15) is 0 Å². The van der Waals surface area contributed by atoms with Crippen molar-refractivity contribution in [3.63, 3.8) is 0 Å². The van der Waals surface area contributed by atoms with Gasteiger partial charge in [0, 0.05) is 57.5 Å². The fraction of sp³-hybridized carbons (Fsp3) is 0.368. The van der Waals surface area contributed by atoms with Crippen LogP contribution in [0.2, 0.25) is 0 Å². The maximum atomic E-state index is 6.16. The van der Waals surface area contributed by atoms with Gasteiger partial charge in [0.15, 0.2) is 0 Å². The average molecular weight is 413 g/mol. The van der Waals surface area contributed by atoms with Crippen LogP contribution in [0, 0.1) is 0 Å². The third-order valence-electron chi connectivity index (χ3n) is 4.59. The molecule has 25 heavy (non-hydrogen) atoms. The topological polar surface area (TPSA) is 81.4 Å². The largest absolute Gasteiger partial charge is 0.658 e. The predicted octanol–water partition coefficient (Wildman–Crippen LogP) is 4.08. The zero-order valence-corrected chi connectivity index (χ0v) is 17.6. The van der Waals surface area contributed by atoms with E-state index in [2.05, 4.69) is 22.5 Å². The van der Waals surface area contributed by atoms with E-state index in [4.69, 9.17) is 11.5 Å². The van der Waals surface area contributed by atoms with Crippen molar-refractivity contribution in [1.29, 1.82) is 0 Å². The number of rotatable bonds is 6. The van der Waals surface area contributed by atoms with Gasteiger partial charge in [-0.25, -0.2) is 0 Å². The van der Waals surface area contributed by atoms with Crippen molar-refractivity contribution < 1.29 is 32.7 Å².